The summed E-state index contributed by atoms with van der Waals surface area (Å²) in [6, 6.07) is 8.94. The number of piperazine rings is 1. The average Bonchev–Trinajstić information content (AvgIpc) is 2.64. The van der Waals surface area contributed by atoms with Gasteiger partial charge in [-0.1, -0.05) is 6.07 Å². The van der Waals surface area contributed by atoms with E-state index in [-0.39, 0.29) is 12.1 Å². The SMILES string of the molecule is NNC(=O)Cn1nc(N2CCN(c3ccccn3)CC2)ccc1=O. The Kier molecular flexibility index (Phi) is 4.71. The summed E-state index contributed by atoms with van der Waals surface area (Å²) in [5, 5.41) is 4.26. The molecule has 3 rings (SSSR count). The first kappa shape index (κ1) is 15.9. The van der Waals surface area contributed by atoms with E-state index in [1.807, 2.05) is 23.6 Å². The van der Waals surface area contributed by atoms with Crippen LogP contribution in [0, 0.1) is 0 Å². The van der Waals surface area contributed by atoms with Crippen molar-refractivity contribution >= 4 is 17.5 Å². The lowest BCUT2D eigenvalue weighted by Gasteiger charge is -2.36. The fourth-order valence-electron chi connectivity index (χ4n) is 2.61. The van der Waals surface area contributed by atoms with Crippen LogP contribution in [0.5, 0.6) is 0 Å². The van der Waals surface area contributed by atoms with Crippen LogP contribution in [0.2, 0.25) is 0 Å². The number of nitrogens with zero attached hydrogens (tertiary/aromatic N) is 5. The molecule has 9 nitrogen and oxygen atoms in total. The smallest absolute Gasteiger partial charge is 0.267 e. The van der Waals surface area contributed by atoms with E-state index >= 15 is 0 Å². The zero-order valence-corrected chi connectivity index (χ0v) is 13.1. The minimum Gasteiger partial charge on any atom is -0.353 e. The lowest BCUT2D eigenvalue weighted by Crippen LogP contribution is -2.47. The Morgan fingerprint density at radius 1 is 1.08 bits per heavy atom. The van der Waals surface area contributed by atoms with Crippen LogP contribution < -0.4 is 26.6 Å². The third-order valence-electron chi connectivity index (χ3n) is 3.88. The molecule has 0 unspecified atom stereocenters. The van der Waals surface area contributed by atoms with Gasteiger partial charge in [-0.2, -0.15) is 5.10 Å². The zero-order valence-electron chi connectivity index (χ0n) is 13.1. The Bertz CT molecular complexity index is 754. The molecule has 1 fully saturated rings. The van der Waals surface area contributed by atoms with Gasteiger partial charge in [0.25, 0.3) is 11.5 Å². The van der Waals surface area contributed by atoms with Crippen LogP contribution in [-0.4, -0.2) is 46.9 Å². The molecule has 0 radical (unpaired) electrons. The first-order chi connectivity index (χ1) is 11.7. The largest absolute Gasteiger partial charge is 0.353 e. The second-order valence-electron chi connectivity index (χ2n) is 5.42. The minimum atomic E-state index is -0.471. The van der Waals surface area contributed by atoms with Gasteiger partial charge >= 0.3 is 0 Å². The van der Waals surface area contributed by atoms with E-state index in [4.69, 9.17) is 5.84 Å². The van der Waals surface area contributed by atoms with Crippen molar-refractivity contribution in [3.05, 3.63) is 46.9 Å². The maximum atomic E-state index is 11.8. The topological polar surface area (TPSA) is 109 Å². The second-order valence-corrected chi connectivity index (χ2v) is 5.42. The Hall–Kier alpha value is -2.94. The fraction of sp³-hybridized carbons (Fsp3) is 0.333. The van der Waals surface area contributed by atoms with E-state index in [0.717, 1.165) is 36.7 Å². The van der Waals surface area contributed by atoms with Gasteiger partial charge in [0.15, 0.2) is 0 Å². The number of hydrazine groups is 1. The highest BCUT2D eigenvalue weighted by Crippen LogP contribution is 2.16. The zero-order chi connectivity index (χ0) is 16.9. The fourth-order valence-corrected chi connectivity index (χ4v) is 2.61. The van der Waals surface area contributed by atoms with Crippen molar-refractivity contribution in [3.8, 4) is 0 Å². The average molecular weight is 329 g/mol. The molecular formula is C15H19N7O2. The molecule has 0 spiro atoms. The molecule has 24 heavy (non-hydrogen) atoms. The van der Waals surface area contributed by atoms with E-state index in [2.05, 4.69) is 19.9 Å². The van der Waals surface area contributed by atoms with Gasteiger partial charge in [-0.05, 0) is 18.2 Å². The van der Waals surface area contributed by atoms with Crippen molar-refractivity contribution in [2.75, 3.05) is 36.0 Å². The Morgan fingerprint density at radius 3 is 2.42 bits per heavy atom. The minimum absolute atomic E-state index is 0.197. The van der Waals surface area contributed by atoms with Gasteiger partial charge in [0.1, 0.15) is 18.2 Å². The number of pyridine rings is 1. The summed E-state index contributed by atoms with van der Waals surface area (Å²) in [6.45, 7) is 2.93. The molecule has 2 aromatic rings. The van der Waals surface area contributed by atoms with Crippen LogP contribution in [0.1, 0.15) is 0 Å². The molecule has 0 aromatic carbocycles. The molecule has 1 aliphatic heterocycles. The van der Waals surface area contributed by atoms with E-state index in [0.29, 0.717) is 5.82 Å². The van der Waals surface area contributed by atoms with Crippen LogP contribution in [0.3, 0.4) is 0 Å². The summed E-state index contributed by atoms with van der Waals surface area (Å²) in [4.78, 5) is 31.8. The molecule has 0 aliphatic carbocycles. The number of carbonyl (C=O) groups excluding carboxylic acids is 1. The van der Waals surface area contributed by atoms with E-state index in [9.17, 15) is 9.59 Å². The molecule has 1 amide bonds. The van der Waals surface area contributed by atoms with E-state index in [1.165, 1.54) is 6.07 Å². The van der Waals surface area contributed by atoms with Crippen molar-refractivity contribution in [3.63, 3.8) is 0 Å². The molecule has 9 heteroatoms. The highest BCUT2D eigenvalue weighted by Gasteiger charge is 2.19. The summed E-state index contributed by atoms with van der Waals surface area (Å²) in [6.07, 6.45) is 1.78. The van der Waals surface area contributed by atoms with Gasteiger partial charge in [-0.15, -0.1) is 0 Å². The Labute approximate surface area is 138 Å². The predicted octanol–water partition coefficient (Wildman–Crippen LogP) is -1.05. The number of aromatic nitrogens is 3. The maximum absolute atomic E-state index is 11.8. The summed E-state index contributed by atoms with van der Waals surface area (Å²) in [5.41, 5.74) is 1.66. The Morgan fingerprint density at radius 2 is 1.79 bits per heavy atom. The summed E-state index contributed by atoms with van der Waals surface area (Å²) >= 11 is 0. The monoisotopic (exact) mass is 329 g/mol. The molecule has 2 aromatic heterocycles. The number of hydrogen-bond acceptors (Lipinski definition) is 7. The normalized spacial score (nSPS) is 14.5. The lowest BCUT2D eigenvalue weighted by atomic mass is 10.3. The van der Waals surface area contributed by atoms with Gasteiger partial charge in [-0.25, -0.2) is 15.5 Å². The number of hydrogen-bond donors (Lipinski definition) is 2. The molecule has 1 saturated heterocycles. The van der Waals surface area contributed by atoms with Crippen LogP contribution in [0.4, 0.5) is 11.6 Å². The molecule has 3 N–H and O–H groups in total. The van der Waals surface area contributed by atoms with Crippen molar-refractivity contribution in [1.82, 2.24) is 20.2 Å². The number of nitrogens with one attached hydrogen (secondary N) is 1. The highest BCUT2D eigenvalue weighted by atomic mass is 16.2. The van der Waals surface area contributed by atoms with Gasteiger partial charge in [0.05, 0.1) is 0 Å². The third kappa shape index (κ3) is 3.51. The first-order valence-electron chi connectivity index (χ1n) is 7.66. The summed E-state index contributed by atoms with van der Waals surface area (Å²) in [7, 11) is 0. The number of anilines is 2. The van der Waals surface area contributed by atoms with Crippen LogP contribution >= 0.6 is 0 Å². The maximum Gasteiger partial charge on any atom is 0.267 e. The van der Waals surface area contributed by atoms with Crippen molar-refractivity contribution in [1.29, 1.82) is 0 Å². The third-order valence-corrected chi connectivity index (χ3v) is 3.88. The number of carbonyl (C=O) groups is 1. The van der Waals surface area contributed by atoms with Crippen LogP contribution in [0.25, 0.3) is 0 Å². The number of rotatable bonds is 4. The van der Waals surface area contributed by atoms with E-state index in [1.54, 1.807) is 12.3 Å². The van der Waals surface area contributed by atoms with Crippen molar-refractivity contribution < 1.29 is 4.79 Å². The van der Waals surface area contributed by atoms with Crippen LogP contribution in [0.15, 0.2) is 41.3 Å². The van der Waals surface area contributed by atoms with Gasteiger partial charge < -0.3 is 9.80 Å². The van der Waals surface area contributed by atoms with Crippen LogP contribution in [-0.2, 0) is 11.3 Å². The van der Waals surface area contributed by atoms with Gasteiger partial charge in [0.2, 0.25) is 0 Å². The molecule has 0 bridgehead atoms. The molecule has 1 aliphatic rings. The lowest BCUT2D eigenvalue weighted by molar-refractivity contribution is -0.121. The number of nitrogens with two attached hydrogens (primary N) is 1. The predicted molar refractivity (Wildman–Crippen MR) is 89.5 cm³/mol. The molecule has 0 atom stereocenters. The van der Waals surface area contributed by atoms with Crippen molar-refractivity contribution in [2.45, 2.75) is 6.54 Å². The summed E-state index contributed by atoms with van der Waals surface area (Å²) in [5.74, 6) is 6.21. The van der Waals surface area contributed by atoms with E-state index < -0.39 is 5.91 Å². The molecular weight excluding hydrogens is 310 g/mol. The molecule has 126 valence electrons. The molecule has 3 heterocycles. The number of amides is 1. The summed E-state index contributed by atoms with van der Waals surface area (Å²) < 4.78 is 1.11. The first-order valence-corrected chi connectivity index (χ1v) is 7.66. The highest BCUT2D eigenvalue weighted by molar-refractivity contribution is 5.74. The quantitative estimate of drug-likeness (QED) is 0.419. The Balaban J connectivity index is 1.69. The van der Waals surface area contributed by atoms with Gasteiger partial charge in [-0.3, -0.25) is 15.0 Å². The molecule has 0 saturated carbocycles. The standard InChI is InChI=1S/C15H19N7O2/c16-18-14(23)11-22-15(24)5-4-13(19-22)21-9-7-20(8-10-21)12-3-1-2-6-17-12/h1-6H,7-11,16H2,(H,18,23). The second kappa shape index (κ2) is 7.09. The van der Waals surface area contributed by atoms with Gasteiger partial charge in [0, 0.05) is 38.4 Å². The van der Waals surface area contributed by atoms with Crippen molar-refractivity contribution in [2.24, 2.45) is 5.84 Å².